The van der Waals surface area contributed by atoms with Crippen LogP contribution in [-0.2, 0) is 4.74 Å². The first-order chi connectivity index (χ1) is 10.0. The van der Waals surface area contributed by atoms with Crippen molar-refractivity contribution < 1.29 is 9.53 Å². The van der Waals surface area contributed by atoms with E-state index < -0.39 is 0 Å². The van der Waals surface area contributed by atoms with Crippen molar-refractivity contribution in [1.29, 1.82) is 0 Å². The maximum absolute atomic E-state index is 12.4. The first kappa shape index (κ1) is 15.6. The average Bonchev–Trinajstić information content (AvgIpc) is 2.46. The van der Waals surface area contributed by atoms with Crippen LogP contribution in [-0.4, -0.2) is 31.2 Å². The molecule has 1 aromatic carbocycles. The van der Waals surface area contributed by atoms with E-state index in [1.54, 1.807) is 0 Å². The number of carbonyl (C=O) groups is 1. The van der Waals surface area contributed by atoms with Crippen molar-refractivity contribution in [2.24, 2.45) is 5.73 Å². The molecule has 0 aliphatic carbocycles. The summed E-state index contributed by atoms with van der Waals surface area (Å²) in [6.45, 7) is 5.64. The highest BCUT2D eigenvalue weighted by Crippen LogP contribution is 2.19. The summed E-state index contributed by atoms with van der Waals surface area (Å²) in [4.78, 5) is 12.4. The number of aryl methyl sites for hydroxylation is 1. The number of amides is 1. The first-order valence-corrected chi connectivity index (χ1v) is 7.24. The Hall–Kier alpha value is -1.83. The zero-order chi connectivity index (χ0) is 15.3. The average molecular weight is 286 g/mol. The fourth-order valence-electron chi connectivity index (χ4n) is 2.42. The minimum Gasteiger partial charge on any atom is -0.379 e. The van der Waals surface area contributed by atoms with Crippen LogP contribution in [0, 0.1) is 18.8 Å². The molecule has 2 rings (SSSR count). The molecule has 1 saturated heterocycles. The molecule has 1 unspecified atom stereocenters. The number of nitrogens with two attached hydrogens (primary N) is 1. The molecule has 1 aliphatic heterocycles. The molecule has 112 valence electrons. The largest absolute Gasteiger partial charge is 0.379 e. The summed E-state index contributed by atoms with van der Waals surface area (Å²) in [6, 6.07) is 5.56. The van der Waals surface area contributed by atoms with Crippen LogP contribution in [0.3, 0.4) is 0 Å². The van der Waals surface area contributed by atoms with Crippen molar-refractivity contribution in [3.63, 3.8) is 0 Å². The van der Waals surface area contributed by atoms with Crippen molar-refractivity contribution in [3.8, 4) is 11.8 Å². The molecule has 0 aromatic heterocycles. The highest BCUT2D eigenvalue weighted by Gasteiger charge is 2.29. The van der Waals surface area contributed by atoms with E-state index in [9.17, 15) is 4.79 Å². The monoisotopic (exact) mass is 286 g/mol. The summed E-state index contributed by atoms with van der Waals surface area (Å²) < 4.78 is 5.47. The van der Waals surface area contributed by atoms with Gasteiger partial charge >= 0.3 is 0 Å². The van der Waals surface area contributed by atoms with Crippen molar-refractivity contribution in [3.05, 3.63) is 34.9 Å². The highest BCUT2D eigenvalue weighted by atomic mass is 16.5. The van der Waals surface area contributed by atoms with E-state index in [0.29, 0.717) is 18.7 Å². The molecule has 0 radical (unpaired) electrons. The van der Waals surface area contributed by atoms with Crippen LogP contribution in [0.15, 0.2) is 18.2 Å². The Bertz CT molecular complexity index is 578. The number of ether oxygens (including phenoxy) is 1. The minimum atomic E-state index is -0.288. The molecule has 4 nitrogen and oxygen atoms in total. The second kappa shape index (κ2) is 6.75. The number of rotatable bonds is 2. The third kappa shape index (κ3) is 4.07. The van der Waals surface area contributed by atoms with Crippen molar-refractivity contribution in [1.82, 2.24) is 5.32 Å². The lowest BCUT2D eigenvalue weighted by atomic mass is 9.94. The summed E-state index contributed by atoms with van der Waals surface area (Å²) in [7, 11) is 0. The smallest absolute Gasteiger partial charge is 0.251 e. The van der Waals surface area contributed by atoms with E-state index in [0.717, 1.165) is 30.6 Å². The van der Waals surface area contributed by atoms with Gasteiger partial charge in [-0.3, -0.25) is 4.79 Å². The van der Waals surface area contributed by atoms with Crippen molar-refractivity contribution >= 4 is 5.91 Å². The molecule has 0 saturated carbocycles. The third-order valence-corrected chi connectivity index (χ3v) is 3.68. The fraction of sp³-hybridized carbons (Fsp3) is 0.471. The van der Waals surface area contributed by atoms with Crippen LogP contribution < -0.4 is 11.1 Å². The van der Waals surface area contributed by atoms with Crippen LogP contribution in [0.2, 0.25) is 0 Å². The van der Waals surface area contributed by atoms with Crippen molar-refractivity contribution in [2.75, 3.05) is 19.8 Å². The first-order valence-electron chi connectivity index (χ1n) is 7.24. The van der Waals surface area contributed by atoms with E-state index in [4.69, 9.17) is 10.5 Å². The van der Waals surface area contributed by atoms with Crippen LogP contribution in [0.5, 0.6) is 0 Å². The second-order valence-corrected chi connectivity index (χ2v) is 5.71. The van der Waals surface area contributed by atoms with Gasteiger partial charge in [-0.05, 0) is 44.4 Å². The van der Waals surface area contributed by atoms with Gasteiger partial charge in [0, 0.05) is 17.7 Å². The predicted molar refractivity (Wildman–Crippen MR) is 83.0 cm³/mol. The van der Waals surface area contributed by atoms with Gasteiger partial charge in [0.1, 0.15) is 0 Å². The van der Waals surface area contributed by atoms with Crippen LogP contribution >= 0.6 is 0 Å². The van der Waals surface area contributed by atoms with Gasteiger partial charge in [0.25, 0.3) is 5.91 Å². The van der Waals surface area contributed by atoms with Gasteiger partial charge in [0.15, 0.2) is 0 Å². The van der Waals surface area contributed by atoms with Gasteiger partial charge in [-0.15, -0.1) is 0 Å². The Morgan fingerprint density at radius 3 is 3.00 bits per heavy atom. The third-order valence-electron chi connectivity index (χ3n) is 3.68. The standard InChI is InChI=1S/C17H22N2O2/c1-13-6-7-15(11-14(13)5-3-9-18)16(20)19-17(2)8-4-10-21-12-17/h6-7,11H,4,8-10,12,18H2,1-2H3,(H,19,20). The van der Waals surface area contributed by atoms with Crippen molar-refractivity contribution in [2.45, 2.75) is 32.2 Å². The molecule has 1 amide bonds. The Labute approximate surface area is 126 Å². The zero-order valence-corrected chi connectivity index (χ0v) is 12.7. The van der Waals surface area contributed by atoms with E-state index in [2.05, 4.69) is 17.2 Å². The van der Waals surface area contributed by atoms with E-state index in [1.807, 2.05) is 32.0 Å². The number of hydrogen-bond donors (Lipinski definition) is 2. The number of benzene rings is 1. The molecule has 3 N–H and O–H groups in total. The second-order valence-electron chi connectivity index (χ2n) is 5.71. The van der Waals surface area contributed by atoms with Gasteiger partial charge in [0.2, 0.25) is 0 Å². The molecule has 1 fully saturated rings. The van der Waals surface area contributed by atoms with Gasteiger partial charge in [-0.25, -0.2) is 0 Å². The predicted octanol–water partition coefficient (Wildman–Crippen LogP) is 1.60. The summed E-state index contributed by atoms with van der Waals surface area (Å²) in [5.41, 5.74) is 7.62. The molecular weight excluding hydrogens is 264 g/mol. The number of hydrogen-bond acceptors (Lipinski definition) is 3. The lowest BCUT2D eigenvalue weighted by Crippen LogP contribution is -2.51. The van der Waals surface area contributed by atoms with Gasteiger partial charge in [0.05, 0.1) is 18.7 Å². The van der Waals surface area contributed by atoms with Gasteiger partial charge in [-0.1, -0.05) is 17.9 Å². The summed E-state index contributed by atoms with van der Waals surface area (Å²) in [6.07, 6.45) is 1.91. The van der Waals surface area contributed by atoms with Gasteiger partial charge in [-0.2, -0.15) is 0 Å². The lowest BCUT2D eigenvalue weighted by Gasteiger charge is -2.34. The molecule has 1 heterocycles. The summed E-state index contributed by atoms with van der Waals surface area (Å²) in [5.74, 6) is 5.74. The molecular formula is C17H22N2O2. The fourth-order valence-corrected chi connectivity index (χ4v) is 2.42. The minimum absolute atomic E-state index is 0.0844. The highest BCUT2D eigenvalue weighted by molar-refractivity contribution is 5.95. The SMILES string of the molecule is Cc1ccc(C(=O)NC2(C)CCCOC2)cc1C#CCN. The maximum atomic E-state index is 12.4. The van der Waals surface area contributed by atoms with Gasteiger partial charge < -0.3 is 15.8 Å². The zero-order valence-electron chi connectivity index (χ0n) is 12.7. The summed E-state index contributed by atoms with van der Waals surface area (Å²) in [5, 5.41) is 3.08. The molecule has 0 bridgehead atoms. The van der Waals surface area contributed by atoms with E-state index >= 15 is 0 Å². The summed E-state index contributed by atoms with van der Waals surface area (Å²) >= 11 is 0. The Balaban J connectivity index is 2.15. The Morgan fingerprint density at radius 2 is 2.33 bits per heavy atom. The number of nitrogens with one attached hydrogen (secondary N) is 1. The normalized spacial score (nSPS) is 21.3. The van der Waals surface area contributed by atoms with E-state index in [1.165, 1.54) is 0 Å². The molecule has 0 spiro atoms. The Kier molecular flexibility index (Phi) is 5.00. The number of carbonyl (C=O) groups excluding carboxylic acids is 1. The Morgan fingerprint density at radius 1 is 1.52 bits per heavy atom. The topological polar surface area (TPSA) is 64.3 Å². The van der Waals surface area contributed by atoms with Crippen LogP contribution in [0.25, 0.3) is 0 Å². The molecule has 21 heavy (non-hydrogen) atoms. The maximum Gasteiger partial charge on any atom is 0.251 e. The quantitative estimate of drug-likeness (QED) is 0.812. The molecule has 4 heteroatoms. The molecule has 1 aliphatic rings. The molecule has 1 aromatic rings. The van der Waals surface area contributed by atoms with Crippen LogP contribution in [0.4, 0.5) is 0 Å². The van der Waals surface area contributed by atoms with E-state index in [-0.39, 0.29) is 11.4 Å². The molecule has 1 atom stereocenters. The lowest BCUT2D eigenvalue weighted by molar-refractivity contribution is 0.0272. The van der Waals surface area contributed by atoms with Crippen LogP contribution in [0.1, 0.15) is 41.3 Å².